The average molecular weight is 188 g/mol. The molecule has 14 heavy (non-hydrogen) atoms. The normalized spacial score (nSPS) is 10.6. The van der Waals surface area contributed by atoms with E-state index in [0.717, 1.165) is 23.0 Å². The minimum absolute atomic E-state index is 0.533. The molecule has 2 N–H and O–H groups in total. The van der Waals surface area contributed by atoms with Crippen molar-refractivity contribution in [1.29, 1.82) is 0 Å². The molecular weight excluding hydrogens is 176 g/mol. The molecule has 0 aliphatic rings. The molecule has 2 aromatic rings. The van der Waals surface area contributed by atoms with E-state index < -0.39 is 0 Å². The number of benzene rings is 1. The molecule has 72 valence electrons. The van der Waals surface area contributed by atoms with Crippen molar-refractivity contribution in [3.05, 3.63) is 42.1 Å². The highest BCUT2D eigenvalue weighted by Crippen LogP contribution is 2.11. The third kappa shape index (κ3) is 1.89. The summed E-state index contributed by atoms with van der Waals surface area (Å²) in [6, 6.07) is 12.0. The van der Waals surface area contributed by atoms with E-state index in [-0.39, 0.29) is 0 Å². The fourth-order valence-electron chi connectivity index (χ4n) is 1.43. The number of rotatable bonds is 3. The summed E-state index contributed by atoms with van der Waals surface area (Å²) in [5.41, 5.74) is 4.12. The van der Waals surface area contributed by atoms with Crippen LogP contribution in [0.2, 0.25) is 0 Å². The van der Waals surface area contributed by atoms with Crippen molar-refractivity contribution in [3.63, 3.8) is 0 Å². The van der Waals surface area contributed by atoms with Gasteiger partial charge in [-0.2, -0.15) is 0 Å². The predicted molar refractivity (Wildman–Crippen MR) is 55.2 cm³/mol. The second-order valence-electron chi connectivity index (χ2n) is 3.15. The van der Waals surface area contributed by atoms with E-state index >= 15 is 0 Å². The molecule has 3 nitrogen and oxygen atoms in total. The third-order valence-electron chi connectivity index (χ3n) is 2.15. The molecule has 0 radical (unpaired) electrons. The molecular formula is C11H12N2O. The first-order valence-electron chi connectivity index (χ1n) is 4.62. The summed E-state index contributed by atoms with van der Waals surface area (Å²) in [7, 11) is 0. The summed E-state index contributed by atoms with van der Waals surface area (Å²) in [5, 5.41) is 9.61. The van der Waals surface area contributed by atoms with Gasteiger partial charge in [0.05, 0.1) is 5.52 Å². The van der Waals surface area contributed by atoms with Crippen LogP contribution in [0.3, 0.4) is 0 Å². The summed E-state index contributed by atoms with van der Waals surface area (Å²) in [4.78, 5) is 4.46. The molecule has 1 aromatic carbocycles. The first kappa shape index (κ1) is 9.12. The number of aromatic nitrogens is 1. The molecule has 0 atom stereocenters. The van der Waals surface area contributed by atoms with Crippen LogP contribution < -0.4 is 5.48 Å². The zero-order valence-electron chi connectivity index (χ0n) is 7.77. The van der Waals surface area contributed by atoms with Gasteiger partial charge in [-0.3, -0.25) is 4.98 Å². The van der Waals surface area contributed by atoms with Crippen molar-refractivity contribution < 1.29 is 5.21 Å². The first-order valence-corrected chi connectivity index (χ1v) is 4.62. The minimum Gasteiger partial charge on any atom is -0.317 e. The van der Waals surface area contributed by atoms with E-state index in [4.69, 9.17) is 5.21 Å². The SMILES string of the molecule is ONCCc1ccc2ccccc2n1. The van der Waals surface area contributed by atoms with Gasteiger partial charge in [-0.25, -0.2) is 5.48 Å². The van der Waals surface area contributed by atoms with E-state index in [1.54, 1.807) is 0 Å². The number of nitrogens with one attached hydrogen (secondary N) is 1. The number of hydrogen-bond acceptors (Lipinski definition) is 3. The van der Waals surface area contributed by atoms with Gasteiger partial charge < -0.3 is 5.21 Å². The van der Waals surface area contributed by atoms with Gasteiger partial charge in [0.25, 0.3) is 0 Å². The second-order valence-corrected chi connectivity index (χ2v) is 3.15. The molecule has 2 rings (SSSR count). The average Bonchev–Trinajstić information content (AvgIpc) is 2.26. The zero-order chi connectivity index (χ0) is 9.80. The summed E-state index contributed by atoms with van der Waals surface area (Å²) >= 11 is 0. The number of hydrogen-bond donors (Lipinski definition) is 2. The largest absolute Gasteiger partial charge is 0.317 e. The summed E-state index contributed by atoms with van der Waals surface area (Å²) in [6.45, 7) is 0.533. The molecule has 0 spiro atoms. The highest BCUT2D eigenvalue weighted by molar-refractivity contribution is 5.78. The Labute approximate surface area is 82.4 Å². The van der Waals surface area contributed by atoms with Crippen LogP contribution in [0.25, 0.3) is 10.9 Å². The van der Waals surface area contributed by atoms with Crippen LogP contribution in [-0.2, 0) is 6.42 Å². The highest BCUT2D eigenvalue weighted by atomic mass is 16.5. The number of fused-ring (bicyclic) bond motifs is 1. The Kier molecular flexibility index (Phi) is 2.72. The van der Waals surface area contributed by atoms with Crippen molar-refractivity contribution in [2.24, 2.45) is 0 Å². The van der Waals surface area contributed by atoms with Gasteiger partial charge in [-0.15, -0.1) is 0 Å². The Morgan fingerprint density at radius 3 is 2.86 bits per heavy atom. The fraction of sp³-hybridized carbons (Fsp3) is 0.182. The Morgan fingerprint density at radius 2 is 2.00 bits per heavy atom. The monoisotopic (exact) mass is 188 g/mol. The number of para-hydroxylation sites is 1. The summed E-state index contributed by atoms with van der Waals surface area (Å²) < 4.78 is 0. The number of pyridine rings is 1. The molecule has 0 bridgehead atoms. The molecule has 1 heterocycles. The van der Waals surface area contributed by atoms with Crippen molar-refractivity contribution in [2.75, 3.05) is 6.54 Å². The van der Waals surface area contributed by atoms with Crippen LogP contribution in [0.1, 0.15) is 5.69 Å². The molecule has 0 aliphatic heterocycles. The maximum atomic E-state index is 8.46. The highest BCUT2D eigenvalue weighted by Gasteiger charge is 1.96. The van der Waals surface area contributed by atoms with Crippen LogP contribution in [0, 0.1) is 0 Å². The van der Waals surface area contributed by atoms with E-state index in [2.05, 4.69) is 16.5 Å². The van der Waals surface area contributed by atoms with E-state index in [9.17, 15) is 0 Å². The lowest BCUT2D eigenvalue weighted by Crippen LogP contribution is -2.11. The maximum absolute atomic E-state index is 8.46. The molecule has 0 saturated carbocycles. The van der Waals surface area contributed by atoms with Gasteiger partial charge in [0, 0.05) is 24.0 Å². The Hall–Kier alpha value is -1.45. The van der Waals surface area contributed by atoms with E-state index in [0.29, 0.717) is 6.54 Å². The summed E-state index contributed by atoms with van der Waals surface area (Å²) in [6.07, 6.45) is 0.737. The van der Waals surface area contributed by atoms with Crippen LogP contribution in [0.15, 0.2) is 36.4 Å². The Bertz CT molecular complexity index is 428. The Morgan fingerprint density at radius 1 is 1.14 bits per heavy atom. The molecule has 3 heteroatoms. The topological polar surface area (TPSA) is 45.1 Å². The van der Waals surface area contributed by atoms with Crippen LogP contribution in [0.5, 0.6) is 0 Å². The number of nitrogens with zero attached hydrogens (tertiary/aromatic N) is 1. The van der Waals surface area contributed by atoms with Crippen molar-refractivity contribution >= 4 is 10.9 Å². The Balaban J connectivity index is 2.32. The second kappa shape index (κ2) is 4.17. The van der Waals surface area contributed by atoms with E-state index in [1.165, 1.54) is 0 Å². The first-order chi connectivity index (χ1) is 6.90. The molecule has 0 saturated heterocycles. The van der Waals surface area contributed by atoms with Gasteiger partial charge in [0.2, 0.25) is 0 Å². The molecule has 0 amide bonds. The lowest BCUT2D eigenvalue weighted by molar-refractivity contribution is 0.168. The molecule has 1 aromatic heterocycles. The molecule has 0 unspecified atom stereocenters. The van der Waals surface area contributed by atoms with Crippen molar-refractivity contribution in [1.82, 2.24) is 10.5 Å². The van der Waals surface area contributed by atoms with Gasteiger partial charge in [-0.05, 0) is 12.1 Å². The smallest absolute Gasteiger partial charge is 0.0705 e. The number of hydroxylamine groups is 1. The summed E-state index contributed by atoms with van der Waals surface area (Å²) in [5.74, 6) is 0. The standard InChI is InChI=1S/C11H12N2O/c14-12-8-7-10-6-5-9-3-1-2-4-11(9)13-10/h1-6,12,14H,7-8H2. The zero-order valence-corrected chi connectivity index (χ0v) is 7.77. The van der Waals surface area contributed by atoms with Crippen LogP contribution in [0.4, 0.5) is 0 Å². The van der Waals surface area contributed by atoms with Gasteiger partial charge >= 0.3 is 0 Å². The van der Waals surface area contributed by atoms with E-state index in [1.807, 2.05) is 30.3 Å². The van der Waals surface area contributed by atoms with Crippen LogP contribution in [-0.4, -0.2) is 16.7 Å². The van der Waals surface area contributed by atoms with Gasteiger partial charge in [-0.1, -0.05) is 24.3 Å². The van der Waals surface area contributed by atoms with Crippen molar-refractivity contribution in [2.45, 2.75) is 6.42 Å². The fourth-order valence-corrected chi connectivity index (χ4v) is 1.43. The maximum Gasteiger partial charge on any atom is 0.0705 e. The van der Waals surface area contributed by atoms with Crippen molar-refractivity contribution in [3.8, 4) is 0 Å². The minimum atomic E-state index is 0.533. The van der Waals surface area contributed by atoms with Gasteiger partial charge in [0.15, 0.2) is 0 Å². The van der Waals surface area contributed by atoms with Gasteiger partial charge in [0.1, 0.15) is 0 Å². The lowest BCUT2D eigenvalue weighted by Gasteiger charge is -2.01. The molecule has 0 aliphatic carbocycles. The lowest BCUT2D eigenvalue weighted by atomic mass is 10.2. The quantitative estimate of drug-likeness (QED) is 0.721. The predicted octanol–water partition coefficient (Wildman–Crippen LogP) is 1.76. The molecule has 0 fully saturated rings. The van der Waals surface area contributed by atoms with Crippen LogP contribution >= 0.6 is 0 Å². The third-order valence-corrected chi connectivity index (χ3v) is 2.15.